The first kappa shape index (κ1) is 16.2. The predicted octanol–water partition coefficient (Wildman–Crippen LogP) is -1.55. The second-order valence-corrected chi connectivity index (χ2v) is 5.80. The minimum absolute atomic E-state index is 0.657. The molecule has 5 atom stereocenters. The molecule has 0 unspecified atom stereocenters. The zero-order valence-corrected chi connectivity index (χ0v) is 11.9. The summed E-state index contributed by atoms with van der Waals surface area (Å²) >= 11 is 1.21. The van der Waals surface area contributed by atoms with Gasteiger partial charge in [-0.15, -0.1) is 0 Å². The lowest BCUT2D eigenvalue weighted by Gasteiger charge is -2.28. The number of aliphatic hydroxyl groups excluding tert-OH is 5. The topological polar surface area (TPSA) is 126 Å². The van der Waals surface area contributed by atoms with E-state index in [1.54, 1.807) is 0 Å². The molecular formula is C13H18N2O5S. The van der Waals surface area contributed by atoms with Crippen molar-refractivity contribution in [1.82, 2.24) is 5.43 Å². The smallest absolute Gasteiger partial charge is 0.125 e. The lowest BCUT2D eigenvalue weighted by atomic mass is 10.0. The van der Waals surface area contributed by atoms with Gasteiger partial charge in [-0.3, -0.25) is 5.43 Å². The second-order valence-electron chi connectivity index (χ2n) is 4.67. The van der Waals surface area contributed by atoms with E-state index in [1.807, 2.05) is 30.3 Å². The molecule has 21 heavy (non-hydrogen) atoms. The second kappa shape index (κ2) is 7.21. The van der Waals surface area contributed by atoms with Gasteiger partial charge >= 0.3 is 0 Å². The molecule has 1 heterocycles. The summed E-state index contributed by atoms with van der Waals surface area (Å²) in [6.07, 6.45) is -6.14. The largest absolute Gasteiger partial charge is 0.394 e. The van der Waals surface area contributed by atoms with Crippen molar-refractivity contribution in [2.45, 2.75) is 29.8 Å². The van der Waals surface area contributed by atoms with E-state index in [0.717, 1.165) is 5.56 Å². The van der Waals surface area contributed by atoms with Gasteiger partial charge in [0.1, 0.15) is 34.8 Å². The van der Waals surface area contributed by atoms with Crippen molar-refractivity contribution in [2.75, 3.05) is 6.61 Å². The lowest BCUT2D eigenvalue weighted by Crippen LogP contribution is -2.51. The first-order valence-electron chi connectivity index (χ1n) is 6.43. The van der Waals surface area contributed by atoms with Crippen molar-refractivity contribution in [3.63, 3.8) is 0 Å². The molecular weight excluding hydrogens is 296 g/mol. The third-order valence-corrected chi connectivity index (χ3v) is 4.33. The van der Waals surface area contributed by atoms with Gasteiger partial charge in [0, 0.05) is 5.56 Å². The zero-order valence-electron chi connectivity index (χ0n) is 11.1. The molecule has 1 aromatic rings. The highest BCUT2D eigenvalue weighted by Crippen LogP contribution is 2.26. The molecule has 0 spiro atoms. The molecule has 6 N–H and O–H groups in total. The van der Waals surface area contributed by atoms with Gasteiger partial charge in [0.15, 0.2) is 0 Å². The maximum Gasteiger partial charge on any atom is 0.125 e. The average molecular weight is 314 g/mol. The molecule has 1 aliphatic heterocycles. The van der Waals surface area contributed by atoms with E-state index < -0.39 is 36.4 Å². The minimum Gasteiger partial charge on any atom is -0.394 e. The van der Waals surface area contributed by atoms with Crippen molar-refractivity contribution in [2.24, 2.45) is 5.10 Å². The Kier molecular flexibility index (Phi) is 5.57. The summed E-state index contributed by atoms with van der Waals surface area (Å²) in [6, 6.07) is 9.32. The first-order chi connectivity index (χ1) is 10.0. The first-order valence-corrected chi connectivity index (χ1v) is 7.31. The molecule has 1 aliphatic rings. The Labute approximate surface area is 125 Å². The van der Waals surface area contributed by atoms with E-state index in [1.165, 1.54) is 11.8 Å². The fourth-order valence-electron chi connectivity index (χ4n) is 1.87. The van der Waals surface area contributed by atoms with Crippen LogP contribution < -0.4 is 5.43 Å². The average Bonchev–Trinajstić information content (AvgIpc) is 3.02. The van der Waals surface area contributed by atoms with Crippen LogP contribution in [0.15, 0.2) is 35.4 Å². The maximum atomic E-state index is 10.0. The number of aliphatic hydroxyl groups is 5. The van der Waals surface area contributed by atoms with Gasteiger partial charge in [-0.2, -0.15) is 5.10 Å². The molecule has 0 saturated heterocycles. The third kappa shape index (κ3) is 3.73. The summed E-state index contributed by atoms with van der Waals surface area (Å²) in [5.41, 5.74) is 3.55. The lowest BCUT2D eigenvalue weighted by molar-refractivity contribution is -0.116. The summed E-state index contributed by atoms with van der Waals surface area (Å²) in [4.78, 5) is 0. The van der Waals surface area contributed by atoms with Crippen LogP contribution in [-0.4, -0.2) is 67.0 Å². The Morgan fingerprint density at radius 2 is 1.76 bits per heavy atom. The summed E-state index contributed by atoms with van der Waals surface area (Å²) < 4.78 is 0. The van der Waals surface area contributed by atoms with Gasteiger partial charge in [0.25, 0.3) is 0 Å². The van der Waals surface area contributed by atoms with E-state index in [4.69, 9.17) is 5.11 Å². The van der Waals surface area contributed by atoms with Crippen molar-refractivity contribution < 1.29 is 25.5 Å². The SMILES string of the molecule is OC[C@H](O)[C@H](O)[C@H](O)[C@H](O)[C@@H]1NN=C(c2ccccc2)S1. The summed E-state index contributed by atoms with van der Waals surface area (Å²) in [6.45, 7) is -0.706. The molecule has 0 fully saturated rings. The molecule has 0 aromatic heterocycles. The van der Waals surface area contributed by atoms with Gasteiger partial charge in [-0.25, -0.2) is 0 Å². The zero-order chi connectivity index (χ0) is 15.4. The third-order valence-electron chi connectivity index (χ3n) is 3.14. The van der Waals surface area contributed by atoms with Crippen LogP contribution in [0.3, 0.4) is 0 Å². The van der Waals surface area contributed by atoms with Crippen LogP contribution in [-0.2, 0) is 0 Å². The molecule has 0 aliphatic carbocycles. The van der Waals surface area contributed by atoms with Gasteiger partial charge in [0.2, 0.25) is 0 Å². The molecule has 0 radical (unpaired) electrons. The Balaban J connectivity index is 1.96. The van der Waals surface area contributed by atoms with Crippen molar-refractivity contribution in [1.29, 1.82) is 0 Å². The Morgan fingerprint density at radius 3 is 2.38 bits per heavy atom. The Hall–Kier alpha value is -1.16. The van der Waals surface area contributed by atoms with Gasteiger partial charge in [-0.1, -0.05) is 42.1 Å². The Bertz CT molecular complexity index is 487. The monoisotopic (exact) mass is 314 g/mol. The molecule has 0 bridgehead atoms. The summed E-state index contributed by atoms with van der Waals surface area (Å²) in [5, 5.41) is 51.6. The van der Waals surface area contributed by atoms with Crippen molar-refractivity contribution in [3.05, 3.63) is 35.9 Å². The number of nitrogens with one attached hydrogen (secondary N) is 1. The minimum atomic E-state index is -1.65. The quantitative estimate of drug-likeness (QED) is 0.375. The van der Waals surface area contributed by atoms with E-state index in [0.29, 0.717) is 5.04 Å². The summed E-state index contributed by atoms with van der Waals surface area (Å²) in [5.74, 6) is 0. The van der Waals surface area contributed by atoms with Crippen LogP contribution in [0.1, 0.15) is 5.56 Å². The molecule has 2 rings (SSSR count). The van der Waals surface area contributed by atoms with E-state index in [-0.39, 0.29) is 0 Å². The van der Waals surface area contributed by atoms with Crippen LogP contribution in [0, 0.1) is 0 Å². The highest BCUT2D eigenvalue weighted by Gasteiger charge is 2.37. The molecule has 0 saturated carbocycles. The molecule has 8 heteroatoms. The number of hydrogen-bond acceptors (Lipinski definition) is 8. The number of hydrogen-bond donors (Lipinski definition) is 6. The van der Waals surface area contributed by atoms with Crippen LogP contribution >= 0.6 is 11.8 Å². The highest BCUT2D eigenvalue weighted by atomic mass is 32.2. The molecule has 7 nitrogen and oxygen atoms in total. The highest BCUT2D eigenvalue weighted by molar-refractivity contribution is 8.15. The van der Waals surface area contributed by atoms with Crippen LogP contribution in [0.2, 0.25) is 0 Å². The fourth-order valence-corrected chi connectivity index (χ4v) is 2.90. The standard InChI is InChI=1S/C13H18N2O5S/c16-6-8(17)9(18)10(19)11(20)13-15-14-12(21-13)7-4-2-1-3-5-7/h1-5,8-11,13,15-20H,6H2/t8-,9-,10-,11-,13+/m0/s1. The van der Waals surface area contributed by atoms with Crippen molar-refractivity contribution in [3.8, 4) is 0 Å². The van der Waals surface area contributed by atoms with E-state index in [2.05, 4.69) is 10.5 Å². The van der Waals surface area contributed by atoms with Crippen LogP contribution in [0.5, 0.6) is 0 Å². The van der Waals surface area contributed by atoms with E-state index in [9.17, 15) is 20.4 Å². The normalized spacial score (nSPS) is 23.9. The number of hydrazone groups is 1. The van der Waals surface area contributed by atoms with Gasteiger partial charge in [0.05, 0.1) is 6.61 Å². The fraction of sp³-hybridized carbons (Fsp3) is 0.462. The molecule has 1 aromatic carbocycles. The number of rotatable bonds is 6. The Morgan fingerprint density at radius 1 is 1.10 bits per heavy atom. The van der Waals surface area contributed by atoms with Gasteiger partial charge in [-0.05, 0) is 0 Å². The predicted molar refractivity (Wildman–Crippen MR) is 78.6 cm³/mol. The molecule has 116 valence electrons. The van der Waals surface area contributed by atoms with E-state index >= 15 is 0 Å². The molecule has 0 amide bonds. The number of thioether (sulfide) groups is 1. The maximum absolute atomic E-state index is 10.0. The van der Waals surface area contributed by atoms with Crippen molar-refractivity contribution >= 4 is 16.8 Å². The van der Waals surface area contributed by atoms with Gasteiger partial charge < -0.3 is 25.5 Å². The van der Waals surface area contributed by atoms with Crippen LogP contribution in [0.4, 0.5) is 0 Å². The van der Waals surface area contributed by atoms with Crippen LogP contribution in [0.25, 0.3) is 0 Å². The number of benzene rings is 1. The summed E-state index contributed by atoms with van der Waals surface area (Å²) in [7, 11) is 0. The number of nitrogens with zero attached hydrogens (tertiary/aromatic N) is 1.